The number of hydrogen-bond acceptors (Lipinski definition) is 6. The largest absolute Gasteiger partial charge is 0.480 e. The second-order valence-electron chi connectivity index (χ2n) is 4.22. The molecule has 2 N–H and O–H groups in total. The second-order valence-corrected chi connectivity index (χ2v) is 4.22. The van der Waals surface area contributed by atoms with Crippen LogP contribution in [-0.4, -0.2) is 46.2 Å². The lowest BCUT2D eigenvalue weighted by Crippen LogP contribution is -2.30. The smallest absolute Gasteiger partial charge is 0.326 e. The molecule has 1 aromatic heterocycles. The van der Waals surface area contributed by atoms with E-state index in [0.29, 0.717) is 24.1 Å². The predicted octanol–water partition coefficient (Wildman–Crippen LogP) is 0.911. The topological polar surface area (TPSA) is 91.2 Å². The molecule has 0 aromatic carbocycles. The van der Waals surface area contributed by atoms with Crippen LogP contribution in [0.5, 0.6) is 0 Å². The van der Waals surface area contributed by atoms with E-state index in [2.05, 4.69) is 20.3 Å². The van der Waals surface area contributed by atoms with Crippen molar-refractivity contribution < 1.29 is 9.90 Å². The summed E-state index contributed by atoms with van der Waals surface area (Å²) in [4.78, 5) is 25.2. The quantitative estimate of drug-likeness (QED) is 0.778. The molecular weight excluding hydrogens is 234 g/mol. The first-order valence-corrected chi connectivity index (χ1v) is 5.83. The van der Waals surface area contributed by atoms with E-state index < -0.39 is 12.0 Å². The molecule has 1 atom stereocenters. The predicted molar refractivity (Wildman–Crippen MR) is 68.8 cm³/mol. The lowest BCUT2D eigenvalue weighted by atomic mass is 10.2. The van der Waals surface area contributed by atoms with Crippen LogP contribution in [0, 0.1) is 6.92 Å². The van der Waals surface area contributed by atoms with Gasteiger partial charge < -0.3 is 15.3 Å². The van der Waals surface area contributed by atoms with E-state index in [4.69, 9.17) is 5.11 Å². The van der Waals surface area contributed by atoms with Gasteiger partial charge in [-0.05, 0) is 13.3 Å². The Hall–Kier alpha value is -1.92. The summed E-state index contributed by atoms with van der Waals surface area (Å²) in [5.41, 5.74) is 0. The van der Waals surface area contributed by atoms with E-state index in [0.717, 1.165) is 6.42 Å². The van der Waals surface area contributed by atoms with Gasteiger partial charge in [-0.1, -0.05) is 13.3 Å². The van der Waals surface area contributed by atoms with Crippen molar-refractivity contribution in [3.63, 3.8) is 0 Å². The van der Waals surface area contributed by atoms with Gasteiger partial charge in [0.1, 0.15) is 11.9 Å². The molecule has 18 heavy (non-hydrogen) atoms. The van der Waals surface area contributed by atoms with Crippen LogP contribution in [0.25, 0.3) is 0 Å². The summed E-state index contributed by atoms with van der Waals surface area (Å²) < 4.78 is 0. The van der Waals surface area contributed by atoms with Crippen molar-refractivity contribution in [2.24, 2.45) is 0 Å². The average Bonchev–Trinajstić information content (AvgIpc) is 2.27. The normalized spacial score (nSPS) is 12.0. The van der Waals surface area contributed by atoms with E-state index in [1.165, 1.54) is 0 Å². The number of nitrogens with one attached hydrogen (secondary N) is 1. The number of nitrogens with zero attached hydrogens (tertiary/aromatic N) is 4. The van der Waals surface area contributed by atoms with Crippen LogP contribution in [-0.2, 0) is 4.79 Å². The van der Waals surface area contributed by atoms with E-state index in [9.17, 15) is 4.79 Å². The first kappa shape index (κ1) is 14.1. The van der Waals surface area contributed by atoms with Gasteiger partial charge in [0, 0.05) is 14.1 Å². The van der Waals surface area contributed by atoms with Gasteiger partial charge in [0.15, 0.2) is 0 Å². The number of carboxylic acids is 1. The number of aromatic nitrogens is 3. The highest BCUT2D eigenvalue weighted by molar-refractivity contribution is 5.76. The van der Waals surface area contributed by atoms with Crippen LogP contribution >= 0.6 is 0 Å². The number of carbonyl (C=O) groups is 1. The molecular formula is C11H19N5O2. The SMILES string of the molecule is CCCC(Nc1nc(C)nc(N(C)C)n1)C(=O)O. The minimum Gasteiger partial charge on any atom is -0.480 e. The molecule has 1 rings (SSSR count). The first-order valence-electron chi connectivity index (χ1n) is 5.83. The summed E-state index contributed by atoms with van der Waals surface area (Å²) in [6.45, 7) is 3.68. The summed E-state index contributed by atoms with van der Waals surface area (Å²) in [5.74, 6) is 0.454. The van der Waals surface area contributed by atoms with Gasteiger partial charge in [0.05, 0.1) is 0 Å². The molecule has 0 amide bonds. The van der Waals surface area contributed by atoms with Gasteiger partial charge in [-0.15, -0.1) is 0 Å². The van der Waals surface area contributed by atoms with Crippen LogP contribution in [0.15, 0.2) is 0 Å². The summed E-state index contributed by atoms with van der Waals surface area (Å²) in [6, 6.07) is -0.674. The van der Waals surface area contributed by atoms with Crippen LogP contribution in [0.1, 0.15) is 25.6 Å². The molecule has 0 saturated heterocycles. The number of rotatable bonds is 6. The van der Waals surface area contributed by atoms with Gasteiger partial charge in [0.25, 0.3) is 0 Å². The molecule has 1 aromatic rings. The molecule has 0 saturated carbocycles. The third-order valence-electron chi connectivity index (χ3n) is 2.31. The monoisotopic (exact) mass is 253 g/mol. The standard InChI is InChI=1S/C11H19N5O2/c1-5-6-8(9(17)18)14-10-12-7(2)13-11(15-10)16(3)4/h8H,5-6H2,1-4H3,(H,17,18)(H,12,13,14,15). The Labute approximate surface area is 106 Å². The highest BCUT2D eigenvalue weighted by Gasteiger charge is 2.18. The van der Waals surface area contributed by atoms with Gasteiger partial charge in [-0.3, -0.25) is 0 Å². The molecule has 7 nitrogen and oxygen atoms in total. The minimum atomic E-state index is -0.902. The highest BCUT2D eigenvalue weighted by Crippen LogP contribution is 2.10. The summed E-state index contributed by atoms with van der Waals surface area (Å²) in [6.07, 6.45) is 1.30. The fraction of sp³-hybridized carbons (Fsp3) is 0.636. The molecule has 0 aliphatic carbocycles. The van der Waals surface area contributed by atoms with Crippen LogP contribution in [0.3, 0.4) is 0 Å². The Bertz CT molecular complexity index is 422. The molecule has 0 bridgehead atoms. The zero-order valence-electron chi connectivity index (χ0n) is 11.1. The Morgan fingerprint density at radius 3 is 2.56 bits per heavy atom. The molecule has 0 spiro atoms. The molecule has 1 unspecified atom stereocenters. The molecule has 0 aliphatic heterocycles. The first-order chi connectivity index (χ1) is 8.43. The van der Waals surface area contributed by atoms with E-state index in [-0.39, 0.29) is 0 Å². The molecule has 1 heterocycles. The molecule has 0 radical (unpaired) electrons. The Balaban J connectivity index is 2.91. The average molecular weight is 253 g/mol. The van der Waals surface area contributed by atoms with Gasteiger partial charge >= 0.3 is 5.97 Å². The zero-order chi connectivity index (χ0) is 13.7. The molecule has 100 valence electrons. The second kappa shape index (κ2) is 6.13. The number of hydrogen-bond donors (Lipinski definition) is 2. The van der Waals surface area contributed by atoms with Crippen molar-refractivity contribution in [3.8, 4) is 0 Å². The fourth-order valence-corrected chi connectivity index (χ4v) is 1.43. The minimum absolute atomic E-state index is 0.298. The van der Waals surface area contributed by atoms with Crippen LogP contribution in [0.2, 0.25) is 0 Å². The Kier molecular flexibility index (Phi) is 4.82. The van der Waals surface area contributed by atoms with Crippen LogP contribution < -0.4 is 10.2 Å². The summed E-state index contributed by atoms with van der Waals surface area (Å²) in [5, 5.41) is 11.9. The highest BCUT2D eigenvalue weighted by atomic mass is 16.4. The molecule has 7 heteroatoms. The molecule has 0 fully saturated rings. The maximum atomic E-state index is 11.1. The number of anilines is 2. The van der Waals surface area contributed by atoms with Crippen molar-refractivity contribution in [2.75, 3.05) is 24.3 Å². The lowest BCUT2D eigenvalue weighted by molar-refractivity contribution is -0.138. The van der Waals surface area contributed by atoms with Crippen molar-refractivity contribution in [3.05, 3.63) is 5.82 Å². The van der Waals surface area contributed by atoms with Crippen molar-refractivity contribution >= 4 is 17.9 Å². The number of aryl methyl sites for hydroxylation is 1. The van der Waals surface area contributed by atoms with Crippen molar-refractivity contribution in [1.82, 2.24) is 15.0 Å². The summed E-state index contributed by atoms with van der Waals surface area (Å²) in [7, 11) is 3.64. The third kappa shape index (κ3) is 3.83. The Morgan fingerprint density at radius 2 is 2.06 bits per heavy atom. The van der Waals surface area contributed by atoms with Gasteiger partial charge in [0.2, 0.25) is 11.9 Å². The van der Waals surface area contributed by atoms with E-state index in [1.54, 1.807) is 11.8 Å². The summed E-state index contributed by atoms with van der Waals surface area (Å²) >= 11 is 0. The molecule has 0 aliphatic rings. The van der Waals surface area contributed by atoms with E-state index >= 15 is 0 Å². The fourth-order valence-electron chi connectivity index (χ4n) is 1.43. The van der Waals surface area contributed by atoms with Crippen molar-refractivity contribution in [2.45, 2.75) is 32.7 Å². The van der Waals surface area contributed by atoms with Gasteiger partial charge in [-0.2, -0.15) is 15.0 Å². The van der Waals surface area contributed by atoms with Crippen molar-refractivity contribution in [1.29, 1.82) is 0 Å². The number of carboxylic acid groups (broad SMARTS) is 1. The third-order valence-corrected chi connectivity index (χ3v) is 2.31. The maximum absolute atomic E-state index is 11.1. The van der Waals surface area contributed by atoms with Gasteiger partial charge in [-0.25, -0.2) is 4.79 Å². The maximum Gasteiger partial charge on any atom is 0.326 e. The zero-order valence-corrected chi connectivity index (χ0v) is 11.1. The lowest BCUT2D eigenvalue weighted by Gasteiger charge is -2.16. The Morgan fingerprint density at radius 1 is 1.39 bits per heavy atom. The number of aliphatic carboxylic acids is 1. The van der Waals surface area contributed by atoms with Crippen LogP contribution in [0.4, 0.5) is 11.9 Å². The van der Waals surface area contributed by atoms with E-state index in [1.807, 2.05) is 21.0 Å².